The molecule has 136 valence electrons. The van der Waals surface area contributed by atoms with Gasteiger partial charge in [-0.15, -0.1) is 0 Å². The minimum absolute atomic E-state index is 0.163. The van der Waals surface area contributed by atoms with E-state index in [-0.39, 0.29) is 18.4 Å². The van der Waals surface area contributed by atoms with Gasteiger partial charge in [0.2, 0.25) is 0 Å². The zero-order valence-corrected chi connectivity index (χ0v) is 14.3. The van der Waals surface area contributed by atoms with Crippen molar-refractivity contribution in [2.75, 3.05) is 46.6 Å². The Balaban J connectivity index is 1.73. The largest absolute Gasteiger partial charge is 0.491 e. The van der Waals surface area contributed by atoms with Gasteiger partial charge in [-0.25, -0.2) is 0 Å². The van der Waals surface area contributed by atoms with E-state index in [0.29, 0.717) is 50.7 Å². The topological polar surface area (TPSA) is 85.3 Å². The molecule has 1 aromatic carbocycles. The van der Waals surface area contributed by atoms with Gasteiger partial charge in [-0.2, -0.15) is 0 Å². The van der Waals surface area contributed by atoms with Gasteiger partial charge in [-0.3, -0.25) is 9.59 Å². The van der Waals surface area contributed by atoms with Crippen molar-refractivity contribution in [1.29, 1.82) is 0 Å². The van der Waals surface area contributed by atoms with Crippen LogP contribution in [0.15, 0.2) is 24.3 Å². The number of likely N-dealkylation sites (tertiary alicyclic amines) is 1. The van der Waals surface area contributed by atoms with Gasteiger partial charge in [0.15, 0.2) is 0 Å². The zero-order valence-electron chi connectivity index (χ0n) is 14.3. The molecule has 2 aliphatic rings. The smallest absolute Gasteiger partial charge is 0.311 e. The average Bonchev–Trinajstić information content (AvgIpc) is 3.03. The van der Waals surface area contributed by atoms with Crippen LogP contribution in [0.1, 0.15) is 16.8 Å². The summed E-state index contributed by atoms with van der Waals surface area (Å²) >= 11 is 0. The molecule has 25 heavy (non-hydrogen) atoms. The highest BCUT2D eigenvalue weighted by molar-refractivity contribution is 5.95. The summed E-state index contributed by atoms with van der Waals surface area (Å²) in [7, 11) is 1.60. The molecule has 1 aromatic rings. The van der Waals surface area contributed by atoms with Crippen LogP contribution >= 0.6 is 0 Å². The van der Waals surface area contributed by atoms with Crippen LogP contribution in [0.25, 0.3) is 0 Å². The van der Waals surface area contributed by atoms with Crippen molar-refractivity contribution < 1.29 is 28.9 Å². The highest BCUT2D eigenvalue weighted by Crippen LogP contribution is 2.42. The fourth-order valence-corrected chi connectivity index (χ4v) is 3.60. The van der Waals surface area contributed by atoms with E-state index in [1.165, 1.54) is 0 Å². The van der Waals surface area contributed by atoms with Gasteiger partial charge in [0.1, 0.15) is 12.4 Å². The molecular formula is C18H23NO6. The normalized spacial score (nSPS) is 25.5. The Morgan fingerprint density at radius 3 is 2.96 bits per heavy atom. The number of carbonyl (C=O) groups is 2. The van der Waals surface area contributed by atoms with Gasteiger partial charge in [0, 0.05) is 38.3 Å². The maximum atomic E-state index is 12.8. The van der Waals surface area contributed by atoms with E-state index < -0.39 is 11.4 Å². The van der Waals surface area contributed by atoms with Crippen LogP contribution in [-0.2, 0) is 14.3 Å². The Morgan fingerprint density at radius 2 is 2.24 bits per heavy atom. The summed E-state index contributed by atoms with van der Waals surface area (Å²) in [5.41, 5.74) is -0.393. The molecule has 2 fully saturated rings. The molecule has 0 bridgehead atoms. The molecule has 0 radical (unpaired) electrons. The van der Waals surface area contributed by atoms with Gasteiger partial charge in [-0.05, 0) is 24.6 Å². The molecule has 2 heterocycles. The molecular weight excluding hydrogens is 326 g/mol. The van der Waals surface area contributed by atoms with Crippen molar-refractivity contribution in [3.8, 4) is 5.75 Å². The lowest BCUT2D eigenvalue weighted by molar-refractivity contribution is -0.157. The van der Waals surface area contributed by atoms with Crippen LogP contribution in [0.4, 0.5) is 0 Å². The maximum Gasteiger partial charge on any atom is 0.311 e. The van der Waals surface area contributed by atoms with E-state index >= 15 is 0 Å². The van der Waals surface area contributed by atoms with E-state index in [1.807, 2.05) is 0 Å². The summed E-state index contributed by atoms with van der Waals surface area (Å²) in [6.45, 7) is 2.31. The van der Waals surface area contributed by atoms with Gasteiger partial charge >= 0.3 is 5.97 Å². The van der Waals surface area contributed by atoms with E-state index in [9.17, 15) is 14.7 Å². The number of hydrogen-bond donors (Lipinski definition) is 1. The van der Waals surface area contributed by atoms with Crippen LogP contribution in [0.3, 0.4) is 0 Å². The predicted octanol–water partition coefficient (Wildman–Crippen LogP) is 1.28. The Labute approximate surface area is 146 Å². The summed E-state index contributed by atoms with van der Waals surface area (Å²) in [4.78, 5) is 26.3. The second-order valence-corrected chi connectivity index (χ2v) is 6.54. The van der Waals surface area contributed by atoms with Gasteiger partial charge in [0.05, 0.1) is 18.6 Å². The number of fused-ring (bicyclic) bond motifs is 1. The predicted molar refractivity (Wildman–Crippen MR) is 88.7 cm³/mol. The van der Waals surface area contributed by atoms with E-state index in [4.69, 9.17) is 14.2 Å². The Kier molecular flexibility index (Phi) is 5.24. The van der Waals surface area contributed by atoms with Crippen molar-refractivity contribution in [2.24, 2.45) is 11.3 Å². The van der Waals surface area contributed by atoms with Crippen molar-refractivity contribution in [2.45, 2.75) is 6.42 Å². The number of carbonyl (C=O) groups excluding carboxylic acids is 1. The summed E-state index contributed by atoms with van der Waals surface area (Å²) in [5.74, 6) is -0.584. The number of carboxylic acids is 1. The molecule has 2 aliphatic heterocycles. The first kappa shape index (κ1) is 17.7. The van der Waals surface area contributed by atoms with Gasteiger partial charge < -0.3 is 24.2 Å². The minimum Gasteiger partial charge on any atom is -0.491 e. The third-order valence-electron chi connectivity index (χ3n) is 5.06. The molecule has 7 nitrogen and oxygen atoms in total. The first-order valence-corrected chi connectivity index (χ1v) is 8.39. The van der Waals surface area contributed by atoms with E-state index in [1.54, 1.807) is 36.3 Å². The van der Waals surface area contributed by atoms with Gasteiger partial charge in [0.25, 0.3) is 5.91 Å². The second kappa shape index (κ2) is 7.41. The van der Waals surface area contributed by atoms with Gasteiger partial charge in [-0.1, -0.05) is 6.07 Å². The van der Waals surface area contributed by atoms with Crippen molar-refractivity contribution >= 4 is 11.9 Å². The Morgan fingerprint density at radius 1 is 1.40 bits per heavy atom. The molecule has 0 aromatic heterocycles. The maximum absolute atomic E-state index is 12.8. The average molecular weight is 349 g/mol. The number of hydrogen-bond acceptors (Lipinski definition) is 5. The summed E-state index contributed by atoms with van der Waals surface area (Å²) < 4.78 is 15.9. The number of rotatable bonds is 6. The van der Waals surface area contributed by atoms with E-state index in [0.717, 1.165) is 0 Å². The number of ether oxygens (including phenoxy) is 3. The number of methoxy groups -OCH3 is 1. The summed E-state index contributed by atoms with van der Waals surface area (Å²) in [6.07, 6.45) is 0.441. The Bertz CT molecular complexity index is 648. The van der Waals surface area contributed by atoms with Crippen molar-refractivity contribution in [1.82, 2.24) is 4.90 Å². The standard InChI is InChI=1S/C18H23NO6/c1-23-7-8-25-15-4-2-3-13(9-15)16(20)19-10-14-11-24-6-5-18(14,12-19)17(21)22/h2-4,9,14H,5-8,10-12H2,1H3,(H,21,22)/t14-,18+/m0/s1. The van der Waals surface area contributed by atoms with Crippen LogP contribution in [0, 0.1) is 11.3 Å². The molecule has 0 unspecified atom stereocenters. The van der Waals surface area contributed by atoms with Crippen LogP contribution in [-0.4, -0.2) is 68.5 Å². The number of benzene rings is 1. The molecule has 2 atom stereocenters. The molecule has 7 heteroatoms. The number of amides is 1. The molecule has 0 aliphatic carbocycles. The van der Waals surface area contributed by atoms with Crippen molar-refractivity contribution in [3.05, 3.63) is 29.8 Å². The number of carboxylic acid groups (broad SMARTS) is 1. The highest BCUT2D eigenvalue weighted by atomic mass is 16.5. The minimum atomic E-state index is -0.888. The molecule has 2 saturated heterocycles. The van der Waals surface area contributed by atoms with Crippen LogP contribution < -0.4 is 4.74 Å². The SMILES string of the molecule is COCCOc1cccc(C(=O)N2C[C@H]3COCC[C@@]3(C(=O)O)C2)c1. The second-order valence-electron chi connectivity index (χ2n) is 6.54. The zero-order chi connectivity index (χ0) is 17.9. The lowest BCUT2D eigenvalue weighted by Crippen LogP contribution is -2.45. The van der Waals surface area contributed by atoms with E-state index in [2.05, 4.69) is 0 Å². The van der Waals surface area contributed by atoms with Crippen LogP contribution in [0.5, 0.6) is 5.75 Å². The molecule has 0 spiro atoms. The monoisotopic (exact) mass is 349 g/mol. The highest BCUT2D eigenvalue weighted by Gasteiger charge is 2.54. The fourth-order valence-electron chi connectivity index (χ4n) is 3.60. The number of nitrogens with zero attached hydrogens (tertiary/aromatic N) is 1. The molecule has 1 amide bonds. The van der Waals surface area contributed by atoms with Crippen molar-refractivity contribution in [3.63, 3.8) is 0 Å². The lowest BCUT2D eigenvalue weighted by atomic mass is 9.74. The number of aliphatic carboxylic acids is 1. The molecule has 1 N–H and O–H groups in total. The molecule has 3 rings (SSSR count). The Hall–Kier alpha value is -2.12. The molecule has 0 saturated carbocycles. The third-order valence-corrected chi connectivity index (χ3v) is 5.06. The fraction of sp³-hybridized carbons (Fsp3) is 0.556. The first-order chi connectivity index (χ1) is 12.1. The first-order valence-electron chi connectivity index (χ1n) is 8.39. The summed E-state index contributed by atoms with van der Waals surface area (Å²) in [6, 6.07) is 6.94. The van der Waals surface area contributed by atoms with Crippen LogP contribution in [0.2, 0.25) is 0 Å². The third kappa shape index (κ3) is 3.48. The quantitative estimate of drug-likeness (QED) is 0.779. The summed E-state index contributed by atoms with van der Waals surface area (Å²) in [5, 5.41) is 9.71. The lowest BCUT2D eigenvalue weighted by Gasteiger charge is -2.33.